The Kier molecular flexibility index (Phi) is 5.42. The van der Waals surface area contributed by atoms with E-state index in [1.165, 1.54) is 36.0 Å². The summed E-state index contributed by atoms with van der Waals surface area (Å²) in [6.07, 6.45) is 9.90. The minimum absolute atomic E-state index is 0.652. The van der Waals surface area contributed by atoms with Crippen molar-refractivity contribution in [1.82, 2.24) is 29.9 Å². The Morgan fingerprint density at radius 1 is 0.821 bits per heavy atom. The zero-order chi connectivity index (χ0) is 25.9. The van der Waals surface area contributed by atoms with Gasteiger partial charge >= 0.3 is 0 Å². The fourth-order valence-electron chi connectivity index (χ4n) is 7.07. The molecule has 1 N–H and O–H groups in total. The number of hydrogen-bond donors (Lipinski definition) is 1. The van der Waals surface area contributed by atoms with Crippen molar-refractivity contribution in [3.05, 3.63) is 78.1 Å². The van der Waals surface area contributed by atoms with Crippen molar-refractivity contribution in [2.75, 3.05) is 13.2 Å². The lowest BCUT2D eigenvalue weighted by Gasteiger charge is -2.56. The van der Waals surface area contributed by atoms with Gasteiger partial charge in [-0.3, -0.25) is 14.7 Å². The number of H-pyrrole nitrogens is 1. The Bertz CT molecular complexity index is 1650. The average Bonchev–Trinajstić information content (AvgIpc) is 3.54. The fourth-order valence-corrected chi connectivity index (χ4v) is 7.07. The summed E-state index contributed by atoms with van der Waals surface area (Å²) < 4.78 is 7.63. The molecule has 3 atom stereocenters. The highest BCUT2D eigenvalue weighted by Crippen LogP contribution is 2.38. The van der Waals surface area contributed by atoms with Gasteiger partial charge in [0.25, 0.3) is 0 Å². The third kappa shape index (κ3) is 3.91. The number of aromatic amines is 1. The smallest absolute Gasteiger partial charge is 0.181 e. The molecule has 0 saturated carbocycles. The molecule has 7 heteroatoms. The molecule has 0 spiro atoms. The van der Waals surface area contributed by atoms with Crippen LogP contribution in [0.25, 0.3) is 44.7 Å². The number of nitrogens with zero attached hydrogens (tertiary/aromatic N) is 5. The van der Waals surface area contributed by atoms with Crippen LogP contribution in [0.2, 0.25) is 0 Å². The largest absolute Gasteiger partial charge is 0.378 e. The van der Waals surface area contributed by atoms with Crippen molar-refractivity contribution in [3.8, 4) is 33.6 Å². The normalized spacial score (nSPS) is 22.8. The Morgan fingerprint density at radius 3 is 2.36 bits per heavy atom. The number of fused-ring (bicyclic) bond motifs is 4. The van der Waals surface area contributed by atoms with Gasteiger partial charge in [-0.25, -0.2) is 4.98 Å². The summed E-state index contributed by atoms with van der Waals surface area (Å²) in [6, 6.07) is 21.8. The van der Waals surface area contributed by atoms with E-state index in [4.69, 9.17) is 9.72 Å². The quantitative estimate of drug-likeness (QED) is 0.323. The van der Waals surface area contributed by atoms with Gasteiger partial charge in [0.05, 0.1) is 24.6 Å². The number of nitrogens with one attached hydrogen (secondary N) is 1. The molecule has 2 unspecified atom stereocenters. The van der Waals surface area contributed by atoms with Crippen molar-refractivity contribution in [2.45, 2.75) is 50.2 Å². The van der Waals surface area contributed by atoms with E-state index in [9.17, 15) is 0 Å². The van der Waals surface area contributed by atoms with E-state index in [-0.39, 0.29) is 0 Å². The zero-order valence-electron chi connectivity index (χ0n) is 22.2. The van der Waals surface area contributed by atoms with Gasteiger partial charge in [0.2, 0.25) is 0 Å². The maximum Gasteiger partial charge on any atom is 0.181 e. The highest BCUT2D eigenvalue weighted by Gasteiger charge is 2.45. The van der Waals surface area contributed by atoms with Gasteiger partial charge in [-0.2, -0.15) is 10.2 Å². The summed E-state index contributed by atoms with van der Waals surface area (Å²) in [7, 11) is 1.96. The van der Waals surface area contributed by atoms with Crippen LogP contribution in [-0.4, -0.2) is 61.2 Å². The first kappa shape index (κ1) is 23.1. The predicted molar refractivity (Wildman–Crippen MR) is 152 cm³/mol. The number of rotatable bonds is 4. The van der Waals surface area contributed by atoms with Gasteiger partial charge in [0.15, 0.2) is 5.65 Å². The molecule has 8 rings (SSSR count). The molecule has 0 amide bonds. The predicted octanol–water partition coefficient (Wildman–Crippen LogP) is 5.41. The van der Waals surface area contributed by atoms with Crippen molar-refractivity contribution >= 4 is 11.0 Å². The number of benzene rings is 2. The van der Waals surface area contributed by atoms with Gasteiger partial charge in [-0.1, -0.05) is 42.5 Å². The first-order chi connectivity index (χ1) is 19.2. The Morgan fingerprint density at radius 2 is 1.59 bits per heavy atom. The molecule has 1 aliphatic carbocycles. The minimum atomic E-state index is 0.652. The van der Waals surface area contributed by atoms with Crippen molar-refractivity contribution in [2.24, 2.45) is 7.05 Å². The first-order valence-electron chi connectivity index (χ1n) is 14.1. The van der Waals surface area contributed by atoms with Gasteiger partial charge in [-0.05, 0) is 66.5 Å². The summed E-state index contributed by atoms with van der Waals surface area (Å²) in [5.74, 6) is 0. The SMILES string of the molecule is Cn1nccc1-c1ccc(-c2[nH]nc3ncc(-c4ccc5c(c4)CC[C@@H](N4C6COCC4C6)CC5)cc23)cc1. The van der Waals surface area contributed by atoms with Crippen LogP contribution in [0.3, 0.4) is 0 Å². The molecule has 2 aromatic carbocycles. The molecule has 0 radical (unpaired) electrons. The third-order valence-corrected chi connectivity index (χ3v) is 9.16. The maximum absolute atomic E-state index is 5.74. The lowest BCUT2D eigenvalue weighted by atomic mass is 9.87. The Labute approximate surface area is 227 Å². The van der Waals surface area contributed by atoms with Gasteiger partial charge in [-0.15, -0.1) is 0 Å². The lowest BCUT2D eigenvalue weighted by Crippen LogP contribution is -2.66. The van der Waals surface area contributed by atoms with E-state index in [1.54, 1.807) is 0 Å². The van der Waals surface area contributed by atoms with Crippen molar-refractivity contribution < 1.29 is 4.74 Å². The zero-order valence-corrected chi connectivity index (χ0v) is 22.2. The molecule has 5 heterocycles. The van der Waals surface area contributed by atoms with Crippen LogP contribution in [0.5, 0.6) is 0 Å². The standard InChI is InChI=1S/C32H32N6O/c1-37-30(12-13-34-37)21-3-5-22(6-4-21)31-29-15-25(17-33-32(29)36-35-31)24-7-2-20-8-10-26(11-9-23(20)14-24)38-27-16-28(38)19-39-18-27/h2-7,12-15,17,26-28H,8-11,16,18-19H2,1H3,(H,33,35,36)/t26-,27?,28?/m0/s1. The van der Waals surface area contributed by atoms with Crippen molar-refractivity contribution in [3.63, 3.8) is 0 Å². The van der Waals surface area contributed by atoms with E-state index in [0.29, 0.717) is 18.1 Å². The second kappa shape index (κ2) is 9.14. The monoisotopic (exact) mass is 516 g/mol. The summed E-state index contributed by atoms with van der Waals surface area (Å²) >= 11 is 0. The molecule has 3 aromatic heterocycles. The van der Waals surface area contributed by atoms with E-state index in [1.807, 2.05) is 30.2 Å². The molecule has 5 aromatic rings. The summed E-state index contributed by atoms with van der Waals surface area (Å²) in [6.45, 7) is 1.84. The number of aryl methyl sites for hydroxylation is 3. The third-order valence-electron chi connectivity index (χ3n) is 9.16. The Hall–Kier alpha value is -3.81. The minimum Gasteiger partial charge on any atom is -0.378 e. The van der Waals surface area contributed by atoms with Crippen LogP contribution in [0.4, 0.5) is 0 Å². The first-order valence-corrected chi connectivity index (χ1v) is 14.1. The summed E-state index contributed by atoms with van der Waals surface area (Å²) in [5.41, 5.74) is 10.4. The molecule has 2 saturated heterocycles. The van der Waals surface area contributed by atoms with Gasteiger partial charge < -0.3 is 4.74 Å². The van der Waals surface area contributed by atoms with Crippen LogP contribution in [0.15, 0.2) is 67.0 Å². The van der Waals surface area contributed by atoms with E-state index in [0.717, 1.165) is 65.2 Å². The number of morpholine rings is 1. The van der Waals surface area contributed by atoms with E-state index in [2.05, 4.69) is 68.7 Å². The fraction of sp³-hybridized carbons (Fsp3) is 0.344. The highest BCUT2D eigenvalue weighted by atomic mass is 16.5. The number of hydrogen-bond acceptors (Lipinski definition) is 5. The molecule has 2 fully saturated rings. The number of pyridine rings is 1. The van der Waals surface area contributed by atoms with Crippen LogP contribution in [-0.2, 0) is 24.6 Å². The summed E-state index contributed by atoms with van der Waals surface area (Å²) in [5, 5.41) is 13.1. The number of aromatic nitrogens is 5. The molecular formula is C32H32N6O. The van der Waals surface area contributed by atoms with Crippen LogP contribution < -0.4 is 0 Å². The van der Waals surface area contributed by atoms with E-state index >= 15 is 0 Å². The second-order valence-electron chi connectivity index (χ2n) is 11.4. The molecule has 7 nitrogen and oxygen atoms in total. The van der Waals surface area contributed by atoms with Gasteiger partial charge in [0, 0.05) is 54.1 Å². The van der Waals surface area contributed by atoms with Crippen LogP contribution >= 0.6 is 0 Å². The van der Waals surface area contributed by atoms with E-state index < -0.39 is 0 Å². The molecule has 196 valence electrons. The van der Waals surface area contributed by atoms with Crippen LogP contribution in [0, 0.1) is 0 Å². The van der Waals surface area contributed by atoms with Crippen molar-refractivity contribution in [1.29, 1.82) is 0 Å². The summed E-state index contributed by atoms with van der Waals surface area (Å²) in [4.78, 5) is 7.49. The Balaban J connectivity index is 1.07. The molecule has 2 aliphatic heterocycles. The topological polar surface area (TPSA) is 71.9 Å². The van der Waals surface area contributed by atoms with Crippen LogP contribution in [0.1, 0.15) is 30.4 Å². The average molecular weight is 517 g/mol. The molecule has 39 heavy (non-hydrogen) atoms. The maximum atomic E-state index is 5.74. The molecule has 2 bridgehead atoms. The lowest BCUT2D eigenvalue weighted by molar-refractivity contribution is -0.148. The second-order valence-corrected chi connectivity index (χ2v) is 11.4. The molecular weight excluding hydrogens is 484 g/mol. The molecule has 3 aliphatic rings. The van der Waals surface area contributed by atoms with Gasteiger partial charge in [0.1, 0.15) is 0 Å². The highest BCUT2D eigenvalue weighted by molar-refractivity contribution is 5.93. The number of ether oxygens (including phenoxy) is 1.